The van der Waals surface area contributed by atoms with Crippen LogP contribution in [0.3, 0.4) is 0 Å². The van der Waals surface area contributed by atoms with Crippen LogP contribution in [0.25, 0.3) is 11.5 Å². The molecule has 0 aliphatic heterocycles. The zero-order valence-electron chi connectivity index (χ0n) is 19.3. The molecule has 1 fully saturated rings. The molecule has 1 saturated carbocycles. The summed E-state index contributed by atoms with van der Waals surface area (Å²) in [7, 11) is -5.47. The number of carbonyl (C=O) groups is 1. The van der Waals surface area contributed by atoms with Gasteiger partial charge in [0.15, 0.2) is 9.84 Å². The second kappa shape index (κ2) is 9.88. The summed E-state index contributed by atoms with van der Waals surface area (Å²) < 4.78 is 56.4. The molecule has 4 rings (SSSR count). The second-order valence-corrected chi connectivity index (χ2v) is 12.5. The Kier molecular flexibility index (Phi) is 7.06. The molecule has 1 aromatic heterocycles. The van der Waals surface area contributed by atoms with Gasteiger partial charge in [0.1, 0.15) is 0 Å². The number of aromatic nitrogens is 2. The minimum absolute atomic E-state index is 0.0124. The maximum atomic E-state index is 13.0. The zero-order valence-corrected chi connectivity index (χ0v) is 21.0. The summed E-state index contributed by atoms with van der Waals surface area (Å²) in [5, 5.41) is 10.1. The van der Waals surface area contributed by atoms with Gasteiger partial charge in [0.05, 0.1) is 9.79 Å². The molecule has 1 N–H and O–H groups in total. The van der Waals surface area contributed by atoms with E-state index in [-0.39, 0.29) is 33.3 Å². The number of anilines is 1. The highest BCUT2D eigenvalue weighted by atomic mass is 32.2. The van der Waals surface area contributed by atoms with E-state index in [2.05, 4.69) is 15.5 Å². The average Bonchev–Trinajstić information content (AvgIpc) is 3.32. The standard InChI is InChI=1S/C23H26N4O6S2/c1-27(18-8-4-3-5-9-18)35(31,32)19-13-11-16(12-14-19)21(28)24-23-26-25-22(33-23)17-7-6-10-20(15-17)34(2,29)30/h6-7,10-15,18H,3-5,8-9H2,1-2H3,(H,24,26,28). The number of sulfonamides is 1. The van der Waals surface area contributed by atoms with Gasteiger partial charge in [-0.2, -0.15) is 4.31 Å². The summed E-state index contributed by atoms with van der Waals surface area (Å²) in [6.45, 7) is 0. The fourth-order valence-electron chi connectivity index (χ4n) is 4.00. The van der Waals surface area contributed by atoms with Gasteiger partial charge in [0.25, 0.3) is 5.91 Å². The van der Waals surface area contributed by atoms with E-state index in [0.717, 1.165) is 38.4 Å². The number of nitrogens with zero attached hydrogens (tertiary/aromatic N) is 3. The fraction of sp³-hybridized carbons (Fsp3) is 0.348. The third-order valence-corrected chi connectivity index (χ3v) is 9.07. The van der Waals surface area contributed by atoms with Gasteiger partial charge in [-0.25, -0.2) is 16.8 Å². The average molecular weight is 519 g/mol. The number of carbonyl (C=O) groups excluding carboxylic acids is 1. The molecule has 1 aliphatic carbocycles. The van der Waals surface area contributed by atoms with Crippen LogP contribution in [0.4, 0.5) is 6.01 Å². The van der Waals surface area contributed by atoms with E-state index in [0.29, 0.717) is 5.56 Å². The molecule has 0 atom stereocenters. The number of nitrogens with one attached hydrogen (secondary N) is 1. The Hall–Kier alpha value is -3.09. The molecule has 2 aromatic carbocycles. The molecule has 0 saturated heterocycles. The highest BCUT2D eigenvalue weighted by Crippen LogP contribution is 2.27. The Morgan fingerprint density at radius 3 is 2.31 bits per heavy atom. The van der Waals surface area contributed by atoms with Gasteiger partial charge >= 0.3 is 6.01 Å². The van der Waals surface area contributed by atoms with E-state index < -0.39 is 25.8 Å². The molecular weight excluding hydrogens is 492 g/mol. The number of hydrogen-bond donors (Lipinski definition) is 1. The largest absolute Gasteiger partial charge is 0.403 e. The summed E-state index contributed by atoms with van der Waals surface area (Å²) in [5.74, 6) is -0.521. The van der Waals surface area contributed by atoms with E-state index in [1.54, 1.807) is 19.2 Å². The zero-order chi connectivity index (χ0) is 25.2. The first-order valence-corrected chi connectivity index (χ1v) is 14.4. The third kappa shape index (κ3) is 5.60. The van der Waals surface area contributed by atoms with Crippen molar-refractivity contribution in [3.05, 3.63) is 54.1 Å². The van der Waals surface area contributed by atoms with Gasteiger partial charge in [-0.15, -0.1) is 5.10 Å². The quantitative estimate of drug-likeness (QED) is 0.502. The lowest BCUT2D eigenvalue weighted by Crippen LogP contribution is -2.38. The molecule has 12 heteroatoms. The number of hydrogen-bond acceptors (Lipinski definition) is 8. The molecular formula is C23H26N4O6S2. The summed E-state index contributed by atoms with van der Waals surface area (Å²) >= 11 is 0. The Morgan fingerprint density at radius 2 is 1.66 bits per heavy atom. The molecule has 3 aromatic rings. The maximum Gasteiger partial charge on any atom is 0.322 e. The molecule has 10 nitrogen and oxygen atoms in total. The van der Waals surface area contributed by atoms with Crippen molar-refractivity contribution >= 4 is 31.8 Å². The molecule has 1 aliphatic rings. The van der Waals surface area contributed by atoms with E-state index in [4.69, 9.17) is 4.42 Å². The van der Waals surface area contributed by atoms with Crippen LogP contribution < -0.4 is 5.32 Å². The van der Waals surface area contributed by atoms with Crippen LogP contribution in [0, 0.1) is 0 Å². The highest BCUT2D eigenvalue weighted by Gasteiger charge is 2.29. The predicted molar refractivity (Wildman–Crippen MR) is 129 cm³/mol. The molecule has 35 heavy (non-hydrogen) atoms. The van der Waals surface area contributed by atoms with Gasteiger partial charge in [0.2, 0.25) is 15.9 Å². The van der Waals surface area contributed by atoms with Crippen molar-refractivity contribution in [3.63, 3.8) is 0 Å². The minimum atomic E-state index is -3.66. The predicted octanol–water partition coefficient (Wildman–Crippen LogP) is 3.35. The van der Waals surface area contributed by atoms with Crippen LogP contribution in [0.1, 0.15) is 42.5 Å². The number of rotatable bonds is 7. The summed E-state index contributed by atoms with van der Waals surface area (Å²) in [6.07, 6.45) is 5.95. The van der Waals surface area contributed by atoms with Gasteiger partial charge in [-0.05, 0) is 55.3 Å². The van der Waals surface area contributed by atoms with Crippen LogP contribution in [-0.2, 0) is 19.9 Å². The Morgan fingerprint density at radius 1 is 0.971 bits per heavy atom. The molecule has 0 radical (unpaired) electrons. The molecule has 1 heterocycles. The van der Waals surface area contributed by atoms with Crippen LogP contribution >= 0.6 is 0 Å². The van der Waals surface area contributed by atoms with Gasteiger partial charge in [0, 0.05) is 30.5 Å². The SMILES string of the molecule is CN(C1CCCCC1)S(=O)(=O)c1ccc(C(=O)Nc2nnc(-c3cccc(S(C)(=O)=O)c3)o2)cc1. The monoisotopic (exact) mass is 518 g/mol. The van der Waals surface area contributed by atoms with Gasteiger partial charge < -0.3 is 4.42 Å². The lowest BCUT2D eigenvalue weighted by molar-refractivity contribution is 0.102. The first-order chi connectivity index (χ1) is 16.6. The normalized spacial score (nSPS) is 15.3. The lowest BCUT2D eigenvalue weighted by atomic mass is 9.96. The van der Waals surface area contributed by atoms with Crippen LogP contribution in [-0.4, -0.2) is 56.6 Å². The summed E-state index contributed by atoms with van der Waals surface area (Å²) in [6, 6.07) is 11.5. The van der Waals surface area contributed by atoms with E-state index >= 15 is 0 Å². The highest BCUT2D eigenvalue weighted by molar-refractivity contribution is 7.90. The molecule has 0 bridgehead atoms. The molecule has 1 amide bonds. The van der Waals surface area contributed by atoms with Gasteiger partial charge in [-0.1, -0.05) is 30.4 Å². The van der Waals surface area contributed by atoms with E-state index in [1.165, 1.54) is 40.7 Å². The first kappa shape index (κ1) is 25.0. The van der Waals surface area contributed by atoms with Crippen molar-refractivity contribution in [2.24, 2.45) is 0 Å². The third-order valence-electron chi connectivity index (χ3n) is 6.04. The van der Waals surface area contributed by atoms with Crippen molar-refractivity contribution in [2.75, 3.05) is 18.6 Å². The van der Waals surface area contributed by atoms with Crippen LogP contribution in [0.15, 0.2) is 62.7 Å². The van der Waals surface area contributed by atoms with Crippen molar-refractivity contribution in [3.8, 4) is 11.5 Å². The van der Waals surface area contributed by atoms with Crippen molar-refractivity contribution in [2.45, 2.75) is 47.9 Å². The van der Waals surface area contributed by atoms with E-state index in [1.807, 2.05) is 0 Å². The smallest absolute Gasteiger partial charge is 0.322 e. The summed E-state index contributed by atoms with van der Waals surface area (Å²) in [5.41, 5.74) is 0.598. The fourth-order valence-corrected chi connectivity index (χ4v) is 6.09. The number of amides is 1. The molecule has 186 valence electrons. The van der Waals surface area contributed by atoms with Crippen LogP contribution in [0.5, 0.6) is 0 Å². The van der Waals surface area contributed by atoms with Crippen molar-refractivity contribution in [1.29, 1.82) is 0 Å². The maximum absolute atomic E-state index is 13.0. The van der Waals surface area contributed by atoms with Crippen LogP contribution in [0.2, 0.25) is 0 Å². The van der Waals surface area contributed by atoms with Gasteiger partial charge in [-0.3, -0.25) is 10.1 Å². The summed E-state index contributed by atoms with van der Waals surface area (Å²) in [4.78, 5) is 12.8. The Bertz CT molecular complexity index is 1430. The first-order valence-electron chi connectivity index (χ1n) is 11.1. The minimum Gasteiger partial charge on any atom is -0.403 e. The number of sulfone groups is 1. The van der Waals surface area contributed by atoms with Crippen molar-refractivity contribution < 1.29 is 26.0 Å². The Labute approximate surface area is 204 Å². The lowest BCUT2D eigenvalue weighted by Gasteiger charge is -2.30. The Balaban J connectivity index is 1.45. The molecule has 0 unspecified atom stereocenters. The topological polar surface area (TPSA) is 140 Å². The second-order valence-electron chi connectivity index (χ2n) is 8.50. The van der Waals surface area contributed by atoms with Crippen molar-refractivity contribution in [1.82, 2.24) is 14.5 Å². The number of benzene rings is 2. The molecule has 0 spiro atoms. The van der Waals surface area contributed by atoms with E-state index in [9.17, 15) is 21.6 Å².